The predicted octanol–water partition coefficient (Wildman–Crippen LogP) is 3.20. The number of rotatable bonds is 5. The van der Waals surface area contributed by atoms with E-state index in [1.54, 1.807) is 7.11 Å². The Morgan fingerprint density at radius 3 is 2.65 bits per heavy atom. The third-order valence-corrected chi connectivity index (χ3v) is 4.09. The van der Waals surface area contributed by atoms with Crippen molar-refractivity contribution in [1.29, 1.82) is 0 Å². The molecule has 7 nitrogen and oxygen atoms in total. The maximum atomic E-state index is 6.45. The van der Waals surface area contributed by atoms with Crippen molar-refractivity contribution in [3.05, 3.63) is 29.8 Å². The van der Waals surface area contributed by atoms with E-state index in [1.165, 1.54) is 0 Å². The number of ether oxygens (including phenoxy) is 1. The Hall–Kier alpha value is -2.67. The Bertz CT molecular complexity index is 926. The lowest BCUT2D eigenvalue weighted by Gasteiger charge is -2.20. The minimum atomic E-state index is -0.252. The fourth-order valence-electron chi connectivity index (χ4n) is 2.87. The lowest BCUT2D eigenvalue weighted by atomic mass is 10.1. The molecule has 3 aromatic rings. The van der Waals surface area contributed by atoms with Crippen LogP contribution in [0.15, 0.2) is 24.3 Å². The monoisotopic (exact) mass is 354 g/mol. The molecule has 0 fully saturated rings. The number of nitrogens with zero attached hydrogens (tertiary/aromatic N) is 4. The molecule has 0 aliphatic rings. The molecule has 7 heteroatoms. The molecule has 2 heterocycles. The number of aryl methyl sites for hydroxylation is 1. The minimum Gasteiger partial charge on any atom is -0.383 e. The highest BCUT2D eigenvalue weighted by molar-refractivity contribution is 5.99. The normalized spacial score (nSPS) is 11.9. The van der Waals surface area contributed by atoms with Crippen LogP contribution < -0.4 is 11.1 Å². The zero-order valence-corrected chi connectivity index (χ0v) is 16.0. The highest BCUT2D eigenvalue weighted by atomic mass is 16.5. The third-order valence-electron chi connectivity index (χ3n) is 4.09. The van der Waals surface area contributed by atoms with Gasteiger partial charge < -0.3 is 15.8 Å². The van der Waals surface area contributed by atoms with Crippen LogP contribution in [0.3, 0.4) is 0 Å². The second-order valence-electron chi connectivity index (χ2n) is 7.35. The number of fused-ring (bicyclic) bond motifs is 1. The number of nitrogen functional groups attached to an aromatic ring is 1. The van der Waals surface area contributed by atoms with E-state index in [1.807, 2.05) is 16.8 Å². The van der Waals surface area contributed by atoms with E-state index >= 15 is 0 Å². The summed E-state index contributed by atoms with van der Waals surface area (Å²) in [6.07, 6.45) is 0. The van der Waals surface area contributed by atoms with Crippen molar-refractivity contribution in [3.8, 4) is 11.3 Å². The molecule has 1 aromatic carbocycles. The maximum Gasteiger partial charge on any atom is 0.225 e. The van der Waals surface area contributed by atoms with Crippen molar-refractivity contribution in [2.24, 2.45) is 0 Å². The quantitative estimate of drug-likeness (QED) is 0.684. The first-order valence-corrected chi connectivity index (χ1v) is 8.68. The van der Waals surface area contributed by atoms with Gasteiger partial charge in [0.1, 0.15) is 5.82 Å². The fraction of sp³-hybridized carbons (Fsp3) is 0.421. The fourth-order valence-corrected chi connectivity index (χ4v) is 2.87. The summed E-state index contributed by atoms with van der Waals surface area (Å²) in [6, 6.07) is 8.19. The van der Waals surface area contributed by atoms with Gasteiger partial charge >= 0.3 is 0 Å². The molecule has 0 amide bonds. The molecule has 0 unspecified atom stereocenters. The van der Waals surface area contributed by atoms with E-state index < -0.39 is 0 Å². The van der Waals surface area contributed by atoms with Gasteiger partial charge in [-0.1, -0.05) is 23.8 Å². The van der Waals surface area contributed by atoms with Crippen LogP contribution in [0, 0.1) is 6.92 Å². The Labute approximate surface area is 153 Å². The molecule has 26 heavy (non-hydrogen) atoms. The highest BCUT2D eigenvalue weighted by Crippen LogP contribution is 2.34. The molecule has 0 spiro atoms. The second kappa shape index (κ2) is 6.92. The van der Waals surface area contributed by atoms with E-state index in [0.717, 1.165) is 22.2 Å². The summed E-state index contributed by atoms with van der Waals surface area (Å²) in [5, 5.41) is 8.62. The first-order chi connectivity index (χ1) is 12.3. The molecule has 0 aliphatic carbocycles. The van der Waals surface area contributed by atoms with Gasteiger partial charge in [0.15, 0.2) is 5.65 Å². The van der Waals surface area contributed by atoms with Gasteiger partial charge in [-0.3, -0.25) is 0 Å². The SMILES string of the molecule is COCCNc1nc(-c2cccc(C)c2)c2c(N)n(C(C)(C)C)nc2n1. The van der Waals surface area contributed by atoms with Crippen LogP contribution in [0.5, 0.6) is 0 Å². The number of anilines is 2. The van der Waals surface area contributed by atoms with Crippen LogP contribution in [0.2, 0.25) is 0 Å². The van der Waals surface area contributed by atoms with Gasteiger partial charge in [0, 0.05) is 19.2 Å². The summed E-state index contributed by atoms with van der Waals surface area (Å²) in [7, 11) is 1.66. The molecule has 0 aliphatic heterocycles. The smallest absolute Gasteiger partial charge is 0.225 e. The van der Waals surface area contributed by atoms with Crippen molar-refractivity contribution in [1.82, 2.24) is 19.7 Å². The molecular formula is C19H26N6O. The standard InChI is InChI=1S/C19H26N6O/c1-12-7-6-8-13(11-12)15-14-16(20)25(19(2,3)4)24-17(14)23-18(22-15)21-9-10-26-5/h6-8,11H,9-10,20H2,1-5H3,(H,21,23,24). The molecule has 3 N–H and O–H groups in total. The van der Waals surface area contributed by atoms with Crippen molar-refractivity contribution in [3.63, 3.8) is 0 Å². The molecule has 3 rings (SSSR count). The average Bonchev–Trinajstić information content (AvgIpc) is 2.92. The van der Waals surface area contributed by atoms with Crippen molar-refractivity contribution >= 4 is 22.8 Å². The Kier molecular flexibility index (Phi) is 4.82. The zero-order chi connectivity index (χ0) is 18.9. The minimum absolute atomic E-state index is 0.252. The van der Waals surface area contributed by atoms with Crippen LogP contribution in [0.1, 0.15) is 26.3 Å². The molecule has 0 bridgehead atoms. The Morgan fingerprint density at radius 1 is 1.23 bits per heavy atom. The van der Waals surface area contributed by atoms with Crippen LogP contribution >= 0.6 is 0 Å². The van der Waals surface area contributed by atoms with Gasteiger partial charge in [-0.2, -0.15) is 4.98 Å². The number of benzene rings is 1. The van der Waals surface area contributed by atoms with Gasteiger partial charge in [-0.25, -0.2) is 9.67 Å². The van der Waals surface area contributed by atoms with E-state index in [0.29, 0.717) is 30.6 Å². The first kappa shape index (κ1) is 18.1. The van der Waals surface area contributed by atoms with Gasteiger partial charge in [0.05, 0.1) is 23.2 Å². The van der Waals surface area contributed by atoms with Crippen molar-refractivity contribution in [2.45, 2.75) is 33.2 Å². The van der Waals surface area contributed by atoms with E-state index in [2.05, 4.69) is 55.2 Å². The molecule has 2 aromatic heterocycles. The molecule has 138 valence electrons. The molecular weight excluding hydrogens is 328 g/mol. The Morgan fingerprint density at radius 2 is 2.00 bits per heavy atom. The topological polar surface area (TPSA) is 90.9 Å². The van der Waals surface area contributed by atoms with Gasteiger partial charge in [0.2, 0.25) is 5.95 Å². The van der Waals surface area contributed by atoms with Gasteiger partial charge in [-0.15, -0.1) is 5.10 Å². The predicted molar refractivity (Wildman–Crippen MR) is 105 cm³/mol. The number of methoxy groups -OCH3 is 1. The van der Waals surface area contributed by atoms with Gasteiger partial charge in [-0.05, 0) is 33.8 Å². The molecule has 0 saturated heterocycles. The zero-order valence-electron chi connectivity index (χ0n) is 16.0. The molecule has 0 atom stereocenters. The number of nitrogens with one attached hydrogen (secondary N) is 1. The number of hydrogen-bond acceptors (Lipinski definition) is 6. The van der Waals surface area contributed by atoms with Crippen molar-refractivity contribution < 1.29 is 4.74 Å². The first-order valence-electron chi connectivity index (χ1n) is 8.68. The lowest BCUT2D eigenvalue weighted by molar-refractivity contribution is 0.210. The van der Waals surface area contributed by atoms with Crippen LogP contribution in [-0.2, 0) is 10.3 Å². The summed E-state index contributed by atoms with van der Waals surface area (Å²) >= 11 is 0. The van der Waals surface area contributed by atoms with Crippen LogP contribution in [-0.4, -0.2) is 40.0 Å². The third kappa shape index (κ3) is 3.48. The molecule has 0 saturated carbocycles. The lowest BCUT2D eigenvalue weighted by Crippen LogP contribution is -2.24. The second-order valence-corrected chi connectivity index (χ2v) is 7.35. The largest absolute Gasteiger partial charge is 0.383 e. The maximum absolute atomic E-state index is 6.45. The summed E-state index contributed by atoms with van der Waals surface area (Å²) in [5.41, 5.74) is 9.72. The summed E-state index contributed by atoms with van der Waals surface area (Å²) < 4.78 is 6.90. The summed E-state index contributed by atoms with van der Waals surface area (Å²) in [4.78, 5) is 9.29. The van der Waals surface area contributed by atoms with Crippen LogP contribution in [0.25, 0.3) is 22.3 Å². The number of aromatic nitrogens is 4. The number of nitrogens with two attached hydrogens (primary N) is 1. The van der Waals surface area contributed by atoms with Crippen LogP contribution in [0.4, 0.5) is 11.8 Å². The Balaban J connectivity index is 2.22. The highest BCUT2D eigenvalue weighted by Gasteiger charge is 2.24. The van der Waals surface area contributed by atoms with Crippen molar-refractivity contribution in [2.75, 3.05) is 31.3 Å². The summed E-state index contributed by atoms with van der Waals surface area (Å²) in [5.74, 6) is 1.09. The van der Waals surface area contributed by atoms with Gasteiger partial charge in [0.25, 0.3) is 0 Å². The van der Waals surface area contributed by atoms with E-state index in [9.17, 15) is 0 Å². The van der Waals surface area contributed by atoms with E-state index in [-0.39, 0.29) is 5.54 Å². The average molecular weight is 354 g/mol. The summed E-state index contributed by atoms with van der Waals surface area (Å²) in [6.45, 7) is 9.43. The molecule has 0 radical (unpaired) electrons. The van der Waals surface area contributed by atoms with E-state index in [4.69, 9.17) is 15.5 Å². The number of hydrogen-bond donors (Lipinski definition) is 2.